The molecular weight excluding hydrogens is 457 g/mol. The Morgan fingerprint density at radius 3 is 2.53 bits per heavy atom. The molecule has 13 heteroatoms. The van der Waals surface area contributed by atoms with Crippen molar-refractivity contribution in [2.75, 3.05) is 6.61 Å². The third-order valence-corrected chi connectivity index (χ3v) is 5.07. The summed E-state index contributed by atoms with van der Waals surface area (Å²) in [6.07, 6.45) is -6.20. The average molecular weight is 477 g/mol. The number of fused-ring (bicyclic) bond motifs is 1. The summed E-state index contributed by atoms with van der Waals surface area (Å²) in [5.74, 6) is -1.08. The molecule has 2 aliphatic rings. The molecule has 2 aromatic rings. The number of rotatable bonds is 5. The molecule has 0 radical (unpaired) electrons. The van der Waals surface area contributed by atoms with E-state index in [1.807, 2.05) is 0 Å². The molecule has 0 bridgehead atoms. The van der Waals surface area contributed by atoms with Crippen LogP contribution in [0.4, 0.5) is 13.2 Å². The topological polar surface area (TPSA) is 97.7 Å². The van der Waals surface area contributed by atoms with E-state index < -0.39 is 48.2 Å². The quantitative estimate of drug-likeness (QED) is 0.644. The van der Waals surface area contributed by atoms with E-state index in [2.05, 4.69) is 20.2 Å². The van der Waals surface area contributed by atoms with E-state index in [0.29, 0.717) is 6.20 Å². The number of ether oxygens (including phenoxy) is 5. The van der Waals surface area contributed by atoms with Gasteiger partial charge in [-0.2, -0.15) is 13.2 Å². The fourth-order valence-corrected chi connectivity index (χ4v) is 3.68. The molecule has 4 heterocycles. The van der Waals surface area contributed by atoms with Gasteiger partial charge in [0, 0.05) is 6.07 Å². The molecule has 0 aromatic carbocycles. The molecule has 2 aliphatic heterocycles. The zero-order chi connectivity index (χ0) is 23.1. The molecule has 0 amide bonds. The second kappa shape index (κ2) is 8.58. The molecule has 0 aliphatic carbocycles. The van der Waals surface area contributed by atoms with Gasteiger partial charge in [-0.05, 0) is 26.8 Å². The Kier molecular flexibility index (Phi) is 6.14. The molecule has 32 heavy (non-hydrogen) atoms. The minimum atomic E-state index is -4.67. The van der Waals surface area contributed by atoms with E-state index >= 15 is 0 Å². The van der Waals surface area contributed by atoms with Gasteiger partial charge in [-0.3, -0.25) is 4.98 Å². The molecule has 5 atom stereocenters. The van der Waals surface area contributed by atoms with Crippen molar-refractivity contribution in [2.24, 2.45) is 0 Å². The van der Waals surface area contributed by atoms with Crippen molar-refractivity contribution in [3.8, 4) is 11.8 Å². The highest BCUT2D eigenvalue weighted by molar-refractivity contribution is 6.29. The van der Waals surface area contributed by atoms with Crippen LogP contribution in [-0.2, 0) is 20.4 Å². The fourth-order valence-electron chi connectivity index (χ4n) is 3.58. The lowest BCUT2D eigenvalue weighted by atomic mass is 9.96. The predicted octanol–water partition coefficient (Wildman–Crippen LogP) is 3.07. The SMILES string of the molecule is C[C@H]1O[C@H](COc2ccc(Cl)nn2)[C@H](Oc2cncc(C(F)(F)F)n2)[C@H]2OC(C)(C)O[C@H]21. The van der Waals surface area contributed by atoms with Gasteiger partial charge in [-0.15, -0.1) is 10.2 Å². The van der Waals surface area contributed by atoms with E-state index in [0.717, 1.165) is 6.20 Å². The van der Waals surface area contributed by atoms with Gasteiger partial charge < -0.3 is 23.7 Å². The molecule has 2 fully saturated rings. The highest BCUT2D eigenvalue weighted by Crippen LogP contribution is 2.39. The zero-order valence-electron chi connectivity index (χ0n) is 17.2. The molecule has 4 rings (SSSR count). The number of aromatic nitrogens is 4. The number of hydrogen-bond donors (Lipinski definition) is 0. The number of halogens is 4. The van der Waals surface area contributed by atoms with Crippen molar-refractivity contribution >= 4 is 11.6 Å². The second-order valence-electron chi connectivity index (χ2n) is 7.77. The summed E-state index contributed by atoms with van der Waals surface area (Å²) in [5.41, 5.74) is -1.18. The number of hydrogen-bond acceptors (Lipinski definition) is 9. The molecule has 0 unspecified atom stereocenters. The standard InChI is InChI=1S/C19H20ClF3N4O5/c1-9-15-17(32-18(2,3)31-15)16(30-14-7-24-6-11(25-14)19(21,22)23)10(29-9)8-28-13-5-4-12(20)26-27-13/h4-7,9-10,15-17H,8H2,1-3H3/t9-,10-,15+,16+,17+/m1/s1. The number of nitrogens with zero attached hydrogens (tertiary/aromatic N) is 4. The molecule has 2 saturated heterocycles. The molecule has 0 spiro atoms. The van der Waals surface area contributed by atoms with Gasteiger partial charge in [0.1, 0.15) is 24.9 Å². The molecule has 2 aromatic heterocycles. The highest BCUT2D eigenvalue weighted by atomic mass is 35.5. The van der Waals surface area contributed by atoms with Crippen molar-refractivity contribution in [2.45, 2.75) is 63.3 Å². The second-order valence-corrected chi connectivity index (χ2v) is 8.16. The van der Waals surface area contributed by atoms with Crippen LogP contribution in [0.25, 0.3) is 0 Å². The lowest BCUT2D eigenvalue weighted by Gasteiger charge is -2.40. The summed E-state index contributed by atoms with van der Waals surface area (Å²) < 4.78 is 68.6. The van der Waals surface area contributed by atoms with Gasteiger partial charge in [0.25, 0.3) is 0 Å². The van der Waals surface area contributed by atoms with Crippen LogP contribution in [0.1, 0.15) is 26.5 Å². The lowest BCUT2D eigenvalue weighted by Crippen LogP contribution is -2.59. The van der Waals surface area contributed by atoms with Crippen molar-refractivity contribution in [1.82, 2.24) is 20.2 Å². The van der Waals surface area contributed by atoms with Crippen LogP contribution in [-0.4, -0.2) is 63.1 Å². The summed E-state index contributed by atoms with van der Waals surface area (Å²) in [5, 5.41) is 7.71. The monoisotopic (exact) mass is 476 g/mol. The first-order valence-electron chi connectivity index (χ1n) is 9.71. The van der Waals surface area contributed by atoms with Crippen molar-refractivity contribution < 1.29 is 36.9 Å². The summed E-state index contributed by atoms with van der Waals surface area (Å²) >= 11 is 5.73. The van der Waals surface area contributed by atoms with E-state index in [-0.39, 0.29) is 23.5 Å². The van der Waals surface area contributed by atoms with E-state index in [1.165, 1.54) is 12.1 Å². The first-order chi connectivity index (χ1) is 15.0. The van der Waals surface area contributed by atoms with Gasteiger partial charge in [0.15, 0.2) is 22.7 Å². The van der Waals surface area contributed by atoms with E-state index in [1.54, 1.807) is 20.8 Å². The maximum atomic E-state index is 13.1. The molecule has 0 N–H and O–H groups in total. The van der Waals surface area contributed by atoms with Crippen LogP contribution in [0.15, 0.2) is 24.5 Å². The molecule has 0 saturated carbocycles. The minimum Gasteiger partial charge on any atom is -0.474 e. The van der Waals surface area contributed by atoms with Gasteiger partial charge >= 0.3 is 6.18 Å². The number of alkyl halides is 3. The normalized spacial score (nSPS) is 29.4. The average Bonchev–Trinajstić information content (AvgIpc) is 3.05. The smallest absolute Gasteiger partial charge is 0.435 e. The van der Waals surface area contributed by atoms with Gasteiger partial charge in [0.05, 0.1) is 18.5 Å². The van der Waals surface area contributed by atoms with Crippen molar-refractivity contribution in [3.05, 3.63) is 35.4 Å². The van der Waals surface area contributed by atoms with E-state index in [9.17, 15) is 13.2 Å². The molecule has 9 nitrogen and oxygen atoms in total. The van der Waals surface area contributed by atoms with Crippen LogP contribution in [0, 0.1) is 0 Å². The van der Waals surface area contributed by atoms with Crippen LogP contribution < -0.4 is 9.47 Å². The summed E-state index contributed by atoms with van der Waals surface area (Å²) in [6.45, 7) is 5.21. The van der Waals surface area contributed by atoms with Gasteiger partial charge in [0.2, 0.25) is 11.8 Å². The summed E-state index contributed by atoms with van der Waals surface area (Å²) in [4.78, 5) is 7.12. The Hall–Kier alpha value is -2.28. The first-order valence-corrected chi connectivity index (χ1v) is 10.1. The summed E-state index contributed by atoms with van der Waals surface area (Å²) in [7, 11) is 0. The first kappa shape index (κ1) is 22.9. The largest absolute Gasteiger partial charge is 0.474 e. The van der Waals surface area contributed by atoms with Crippen LogP contribution in [0.5, 0.6) is 11.8 Å². The Labute approximate surface area is 186 Å². The third-order valence-electron chi connectivity index (χ3n) is 4.87. The van der Waals surface area contributed by atoms with Crippen molar-refractivity contribution in [1.29, 1.82) is 0 Å². The maximum Gasteiger partial charge on any atom is 0.435 e. The highest BCUT2D eigenvalue weighted by Gasteiger charge is 2.55. The molecule has 174 valence electrons. The molecular formula is C19H20ClF3N4O5. The van der Waals surface area contributed by atoms with Crippen LogP contribution in [0.3, 0.4) is 0 Å². The lowest BCUT2D eigenvalue weighted by molar-refractivity contribution is -0.182. The fraction of sp³-hybridized carbons (Fsp3) is 0.579. The Morgan fingerprint density at radius 1 is 1.09 bits per heavy atom. The third kappa shape index (κ3) is 5.03. The van der Waals surface area contributed by atoms with Crippen molar-refractivity contribution in [3.63, 3.8) is 0 Å². The predicted molar refractivity (Wildman–Crippen MR) is 102 cm³/mol. The van der Waals surface area contributed by atoms with Crippen LogP contribution in [0.2, 0.25) is 5.15 Å². The van der Waals surface area contributed by atoms with Crippen LogP contribution >= 0.6 is 11.6 Å². The maximum absolute atomic E-state index is 13.1. The zero-order valence-corrected chi connectivity index (χ0v) is 18.0. The van der Waals surface area contributed by atoms with Gasteiger partial charge in [-0.1, -0.05) is 11.6 Å². The Morgan fingerprint density at radius 2 is 1.84 bits per heavy atom. The minimum absolute atomic E-state index is 0.0509. The Balaban J connectivity index is 1.58. The van der Waals surface area contributed by atoms with E-state index in [4.69, 9.17) is 35.3 Å². The summed E-state index contributed by atoms with van der Waals surface area (Å²) in [6, 6.07) is 3.03. The Bertz CT molecular complexity index is 949. The van der Waals surface area contributed by atoms with Gasteiger partial charge in [-0.25, -0.2) is 4.98 Å².